The lowest BCUT2D eigenvalue weighted by Crippen LogP contribution is -2.92. The molecule has 8 unspecified atom stereocenters. The van der Waals surface area contributed by atoms with Gasteiger partial charge in [0.25, 0.3) is 0 Å². The summed E-state index contributed by atoms with van der Waals surface area (Å²) in [5.74, 6) is 0.298. The monoisotopic (exact) mass is 1840 g/mol. The van der Waals surface area contributed by atoms with Crippen LogP contribution in [-0.4, -0.2) is 265 Å². The highest BCUT2D eigenvalue weighted by Crippen LogP contribution is 2.54. The Bertz CT molecular complexity index is 2490. The van der Waals surface area contributed by atoms with Crippen LogP contribution in [0, 0.1) is 0 Å². The Kier molecular flexibility index (Phi) is 38.2. The summed E-state index contributed by atoms with van der Waals surface area (Å²) < 4.78 is 233. The van der Waals surface area contributed by atoms with E-state index >= 15 is 0 Å². The number of hydrogen-bond acceptors (Lipinski definition) is 32. The fraction of sp³-hybridized carbons (Fsp3) is 1.00. The SMILES string of the molecule is CCO[Si](CC[Si](C)(C)O[Si]12O[Si]3(OC)O[Si]4(O[SiH2]C)O[Si]5(O[Si](C)(C)CCCl)O[Si](O[Si](C)(C)CCCl)(O3)O[Si](O[Si](C)(C)CC[Si](OCC)(OCC)OCC)(O1)O[Si](O[Si](C)(C)CC[Si](OCC)(OCC)OCC)(O5)O[Si](O[Si](C)(C)CC[Si](OCC)(OCC)OCC)(O4)O2)(OCC)OCC. The predicted octanol–water partition coefficient (Wildman–Crippen LogP) is 10.5. The maximum atomic E-state index is 8.12. The molecule has 0 amide bonds. The van der Waals surface area contributed by atoms with Gasteiger partial charge in [-0.05, 0) is 198 Å². The molecule has 0 radical (unpaired) electrons. The molecular formula is C50H128Cl2O32Si19. The van der Waals surface area contributed by atoms with Crippen molar-refractivity contribution in [1.82, 2.24) is 0 Å². The van der Waals surface area contributed by atoms with Gasteiger partial charge in [0.2, 0.25) is 0 Å². The zero-order valence-electron chi connectivity index (χ0n) is 66.5. The molecular weight excluding hydrogens is 1720 g/mol. The van der Waals surface area contributed by atoms with Crippen molar-refractivity contribution in [3.8, 4) is 0 Å². The lowest BCUT2D eigenvalue weighted by molar-refractivity contribution is -0.133. The zero-order chi connectivity index (χ0) is 77.3. The molecule has 610 valence electrons. The first-order valence-corrected chi connectivity index (χ1v) is 79.2. The minimum Gasteiger partial charge on any atom is -0.401 e. The van der Waals surface area contributed by atoms with Gasteiger partial charge in [0.1, 0.15) is 0 Å². The number of hydrogen-bond donors (Lipinski definition) is 0. The van der Waals surface area contributed by atoms with Gasteiger partial charge in [0.05, 0.1) is 0 Å². The van der Waals surface area contributed by atoms with E-state index < -0.39 is 167 Å². The van der Waals surface area contributed by atoms with Gasteiger partial charge < -0.3 is 136 Å². The molecule has 0 aromatic carbocycles. The van der Waals surface area contributed by atoms with E-state index in [-0.39, 0.29) is 60.1 Å². The van der Waals surface area contributed by atoms with Crippen LogP contribution in [0.5, 0.6) is 0 Å². The molecule has 53 heteroatoms. The fourth-order valence-corrected chi connectivity index (χ4v) is 98.7. The summed E-state index contributed by atoms with van der Waals surface area (Å²) in [7, 11) is -79.9. The van der Waals surface area contributed by atoms with Crippen molar-refractivity contribution in [2.75, 3.05) is 98.2 Å². The van der Waals surface area contributed by atoms with E-state index in [0.29, 0.717) is 91.4 Å². The fourth-order valence-electron chi connectivity index (χ4n) is 11.7. The largest absolute Gasteiger partial charge is 0.661 e. The molecule has 0 aliphatic carbocycles. The molecule has 0 aromatic heterocycles. The van der Waals surface area contributed by atoms with Crippen molar-refractivity contribution in [2.45, 2.75) is 229 Å². The molecule has 0 aromatic rings. The Morgan fingerprint density at radius 2 is 0.398 bits per heavy atom. The van der Waals surface area contributed by atoms with Crippen molar-refractivity contribution in [3.63, 3.8) is 0 Å². The number of rotatable bonds is 55. The standard InChI is InChI=1S/C50H128Cl2O32Si19/c1-27-54-92(55-28-2,56-29-3)47-43-88(19,20)69-99-75-96(53-13)73-97(66-85-14)76-100(68-87(17,18)42-40-52)78-98(74-96,67-86(15,16)41-39-51)80-102(81-99,71-90(23,24)45-49-94(60-33-7,61-34-8)62-35-9)84-103(82-100,72-91(25,26)46-50-95(63-36-10,64-37-11)65-38-12)83-101(77-97,79-99)70-89(21,22)44-48-93(57-30-4,58-31-5)59-32-6/h27-50,85H2,1-26H3. The molecule has 6 aliphatic heterocycles. The third-order valence-electron chi connectivity index (χ3n) is 15.9. The van der Waals surface area contributed by atoms with Crippen LogP contribution in [0.25, 0.3) is 0 Å². The average Bonchev–Trinajstić information content (AvgIpc) is 0.680. The Morgan fingerprint density at radius 1 is 0.243 bits per heavy atom. The Balaban J connectivity index is 2.13. The van der Waals surface area contributed by atoms with Crippen molar-refractivity contribution < 1.29 is 136 Å². The maximum absolute atomic E-state index is 8.12. The van der Waals surface area contributed by atoms with Crippen LogP contribution in [-0.2, 0) is 136 Å². The molecule has 6 saturated heterocycles. The summed E-state index contributed by atoms with van der Waals surface area (Å²) in [6.45, 7) is 51.9. The van der Waals surface area contributed by atoms with E-state index in [4.69, 9.17) is 159 Å². The van der Waals surface area contributed by atoms with Crippen LogP contribution in [0.2, 0.25) is 146 Å². The first-order valence-electron chi connectivity index (χ1n) is 36.6. The third kappa shape index (κ3) is 27.5. The van der Waals surface area contributed by atoms with Gasteiger partial charge in [0.15, 0.2) is 59.7 Å². The average molecular weight is 1850 g/mol. The molecule has 0 N–H and O–H groups in total. The van der Waals surface area contributed by atoms with E-state index in [2.05, 4.69) is 0 Å². The summed E-state index contributed by atoms with van der Waals surface area (Å²) in [6.07, 6.45) is 0. The summed E-state index contributed by atoms with van der Waals surface area (Å²) in [6, 6.07) is 2.86. The topological polar surface area (TPSA) is 295 Å². The van der Waals surface area contributed by atoms with E-state index in [1.54, 1.807) is 0 Å². The van der Waals surface area contributed by atoms with Crippen LogP contribution in [0.3, 0.4) is 0 Å². The minimum atomic E-state index is -5.73. The van der Waals surface area contributed by atoms with Crippen molar-refractivity contribution in [3.05, 3.63) is 0 Å². The van der Waals surface area contributed by atoms with Gasteiger partial charge in [0, 0.05) is 122 Å². The van der Waals surface area contributed by atoms with Gasteiger partial charge in [-0.2, -0.15) is 0 Å². The third-order valence-corrected chi connectivity index (χ3v) is 86.1. The van der Waals surface area contributed by atoms with E-state index in [1.807, 2.05) is 168 Å². The number of halogens is 2. The second-order valence-corrected chi connectivity index (χ2v) is 88.5. The van der Waals surface area contributed by atoms with Crippen molar-refractivity contribution in [1.29, 1.82) is 0 Å². The highest BCUT2D eigenvalue weighted by Gasteiger charge is 2.92. The highest BCUT2D eigenvalue weighted by molar-refractivity contribution is 7.04. The van der Waals surface area contributed by atoms with Crippen molar-refractivity contribution in [2.24, 2.45) is 0 Å². The molecule has 0 saturated carbocycles. The zero-order valence-corrected chi connectivity index (χ0v) is 87.4. The first kappa shape index (κ1) is 97.0. The molecule has 8 bridgehead atoms. The second kappa shape index (κ2) is 40.5. The van der Waals surface area contributed by atoms with Crippen LogP contribution >= 0.6 is 23.2 Å². The predicted molar refractivity (Wildman–Crippen MR) is 425 cm³/mol. The Labute approximate surface area is 648 Å². The summed E-state index contributed by atoms with van der Waals surface area (Å²) in [4.78, 5) is 0. The van der Waals surface area contributed by atoms with Gasteiger partial charge in [-0.15, -0.1) is 23.2 Å². The minimum absolute atomic E-state index is 0.147. The normalized spacial score (nSPS) is 28.5. The lowest BCUT2D eigenvalue weighted by atomic mass is 10.9. The molecule has 8 atom stereocenters. The second-order valence-electron chi connectivity index (χ2n) is 27.8. The summed E-state index contributed by atoms with van der Waals surface area (Å²) in [5, 5.41) is 0. The Morgan fingerprint density at radius 3 is 0.553 bits per heavy atom. The molecule has 0 spiro atoms. The van der Waals surface area contributed by atoms with Crippen LogP contribution < -0.4 is 0 Å². The highest BCUT2D eigenvalue weighted by atomic mass is 35.5. The molecule has 6 rings (SSSR count). The maximum Gasteiger partial charge on any atom is 0.661 e. The lowest BCUT2D eigenvalue weighted by Gasteiger charge is -2.60. The van der Waals surface area contributed by atoms with Crippen molar-refractivity contribution >= 4 is 190 Å². The van der Waals surface area contributed by atoms with E-state index in [1.165, 1.54) is 7.11 Å². The van der Waals surface area contributed by atoms with E-state index in [9.17, 15) is 0 Å². The number of alkyl halides is 2. The quantitative estimate of drug-likeness (QED) is 0.0404. The van der Waals surface area contributed by atoms with Crippen LogP contribution in [0.1, 0.15) is 83.1 Å². The van der Waals surface area contributed by atoms with Gasteiger partial charge in [-0.1, -0.05) is 6.55 Å². The molecule has 6 aliphatic rings. The molecule has 6 heterocycles. The van der Waals surface area contributed by atoms with Crippen LogP contribution in [0.4, 0.5) is 0 Å². The van der Waals surface area contributed by atoms with Gasteiger partial charge in [-0.3, -0.25) is 0 Å². The van der Waals surface area contributed by atoms with Gasteiger partial charge in [-0.25, -0.2) is 0 Å². The van der Waals surface area contributed by atoms with E-state index in [0.717, 1.165) is 0 Å². The molecule has 6 fully saturated rings. The molecule has 32 nitrogen and oxygen atoms in total. The summed E-state index contributed by atoms with van der Waals surface area (Å²) >= 11 is 13.5. The first-order chi connectivity index (χ1) is 48.0. The summed E-state index contributed by atoms with van der Waals surface area (Å²) in [5.41, 5.74) is 0. The van der Waals surface area contributed by atoms with Gasteiger partial charge >= 0.3 is 108 Å². The van der Waals surface area contributed by atoms with Crippen LogP contribution in [0.15, 0.2) is 0 Å². The smallest absolute Gasteiger partial charge is 0.401 e. The Hall–Kier alpha value is 3.42. The molecule has 103 heavy (non-hydrogen) atoms.